The maximum Gasteiger partial charge on any atom is 0.251 e. The first-order valence-corrected chi connectivity index (χ1v) is 27.3. The van der Waals surface area contributed by atoms with Crippen molar-refractivity contribution in [1.82, 2.24) is 21.3 Å². The number of nitrogens with one attached hydrogen (secondary N) is 4. The van der Waals surface area contributed by atoms with E-state index in [-0.39, 0.29) is 23.6 Å². The number of amides is 4. The molecule has 4 N–H and O–H groups in total. The van der Waals surface area contributed by atoms with Crippen LogP contribution in [0.5, 0.6) is 0 Å². The molecule has 4 aromatic rings. The molecule has 378 valence electrons. The first kappa shape index (κ1) is 56.4. The first-order valence-electron chi connectivity index (χ1n) is 27.3. The molecule has 0 bridgehead atoms. The molecule has 0 aliphatic carbocycles. The molecule has 4 atom stereocenters. The van der Waals surface area contributed by atoms with Crippen molar-refractivity contribution in [3.05, 3.63) is 58.7 Å². The molecule has 0 spiro atoms. The van der Waals surface area contributed by atoms with Gasteiger partial charge in [0.25, 0.3) is 23.6 Å². The van der Waals surface area contributed by atoms with Crippen LogP contribution in [-0.4, -0.2) is 49.8 Å². The average Bonchev–Trinajstić information content (AvgIpc) is 3.27. The van der Waals surface area contributed by atoms with Gasteiger partial charge in [-0.1, -0.05) is 184 Å². The van der Waals surface area contributed by atoms with Crippen LogP contribution in [0.25, 0.3) is 32.3 Å². The fourth-order valence-electron chi connectivity index (χ4n) is 9.93. The Bertz CT molecular complexity index is 1890. The average molecular weight is 935 g/mol. The lowest BCUT2D eigenvalue weighted by Crippen LogP contribution is -2.29. The standard InChI is InChI=1S/C60H94N4O4/c1-39(2)17-13-21-43(9)29-33-61-57(65)51-37-52(58(66)62-34-30-44(10)22-14-18-40(3)4)48-27-28-50-54(60(68)64-36-32-46(12)24-16-20-42(7)8)38-53(49-26-25-47(51)55(48)56(49)50)59(67)63-35-31-45(11)23-15-19-41(5)6/h25-28,37-46H,13-24,29-36H2,1-12H3,(H,61,65)(H,62,66)(H,63,67)(H,64,68)/t43-,44-,45-,46-/m1/s1. The summed E-state index contributed by atoms with van der Waals surface area (Å²) in [6.07, 6.45) is 17.4. The Kier molecular flexibility index (Phi) is 23.6. The monoisotopic (exact) mass is 935 g/mol. The molecule has 0 saturated heterocycles. The van der Waals surface area contributed by atoms with Crippen LogP contribution in [-0.2, 0) is 0 Å². The van der Waals surface area contributed by atoms with Gasteiger partial charge in [-0.2, -0.15) is 0 Å². The van der Waals surface area contributed by atoms with Gasteiger partial charge in [0.2, 0.25) is 0 Å². The molecule has 4 rings (SSSR count). The van der Waals surface area contributed by atoms with Crippen LogP contribution in [0.3, 0.4) is 0 Å². The van der Waals surface area contributed by atoms with Crippen molar-refractivity contribution in [2.24, 2.45) is 47.3 Å². The quantitative estimate of drug-likeness (QED) is 0.0365. The van der Waals surface area contributed by atoms with E-state index >= 15 is 0 Å². The second-order valence-electron chi connectivity index (χ2n) is 22.9. The minimum Gasteiger partial charge on any atom is -0.352 e. The number of carbonyl (C=O) groups is 4. The third kappa shape index (κ3) is 17.6. The molecule has 0 fully saturated rings. The summed E-state index contributed by atoms with van der Waals surface area (Å²) < 4.78 is 0. The van der Waals surface area contributed by atoms with Gasteiger partial charge in [0.05, 0.1) is 0 Å². The van der Waals surface area contributed by atoms with E-state index < -0.39 is 0 Å². The SMILES string of the molecule is CC(C)CCC[C@@H](C)CCNC(=O)c1cc(C(=O)NCC[C@H](C)CCCC(C)C)c2ccc3c(C(=O)NCC[C@H](C)CCCC(C)C)cc(C(=O)NCC[C@H](C)CCCC(C)C)c4ccc1c2c43. The second kappa shape index (κ2) is 28.5. The van der Waals surface area contributed by atoms with E-state index in [9.17, 15) is 19.2 Å². The van der Waals surface area contributed by atoms with Crippen LogP contribution in [0, 0.1) is 47.3 Å². The van der Waals surface area contributed by atoms with Crippen molar-refractivity contribution in [1.29, 1.82) is 0 Å². The third-order valence-corrected chi connectivity index (χ3v) is 14.5. The second-order valence-corrected chi connectivity index (χ2v) is 22.9. The molecular weight excluding hydrogens is 841 g/mol. The van der Waals surface area contributed by atoms with Crippen LogP contribution in [0.2, 0.25) is 0 Å². The Labute approximate surface area is 412 Å². The first-order chi connectivity index (χ1) is 32.4. The summed E-state index contributed by atoms with van der Waals surface area (Å²) in [4.78, 5) is 57.7. The van der Waals surface area contributed by atoms with E-state index in [1.165, 1.54) is 51.4 Å². The number of benzene rings is 4. The molecule has 0 saturated carbocycles. The zero-order chi connectivity index (χ0) is 49.9. The van der Waals surface area contributed by atoms with Crippen LogP contribution < -0.4 is 21.3 Å². The molecule has 0 radical (unpaired) electrons. The maximum absolute atomic E-state index is 14.4. The Morgan fingerprint density at radius 3 is 0.721 bits per heavy atom. The van der Waals surface area contributed by atoms with E-state index in [1.807, 2.05) is 24.3 Å². The Hall–Kier alpha value is -4.20. The Balaban J connectivity index is 1.78. The van der Waals surface area contributed by atoms with Crippen LogP contribution >= 0.6 is 0 Å². The van der Waals surface area contributed by atoms with Crippen LogP contribution in [0.1, 0.15) is 227 Å². The van der Waals surface area contributed by atoms with Gasteiger partial charge in [0.15, 0.2) is 0 Å². The maximum atomic E-state index is 14.4. The zero-order valence-corrected chi connectivity index (χ0v) is 44.9. The number of hydrogen-bond donors (Lipinski definition) is 4. The van der Waals surface area contributed by atoms with Gasteiger partial charge in [-0.3, -0.25) is 19.2 Å². The fourth-order valence-corrected chi connectivity index (χ4v) is 9.93. The molecule has 8 heteroatoms. The van der Waals surface area contributed by atoms with Gasteiger partial charge >= 0.3 is 0 Å². The lowest BCUT2D eigenvalue weighted by Gasteiger charge is -2.21. The smallest absolute Gasteiger partial charge is 0.251 e. The highest BCUT2D eigenvalue weighted by Gasteiger charge is 2.26. The highest BCUT2D eigenvalue weighted by Crippen LogP contribution is 2.41. The van der Waals surface area contributed by atoms with E-state index in [4.69, 9.17) is 0 Å². The van der Waals surface area contributed by atoms with Crippen molar-refractivity contribution in [2.75, 3.05) is 26.2 Å². The van der Waals surface area contributed by atoms with Gasteiger partial charge < -0.3 is 21.3 Å². The molecule has 68 heavy (non-hydrogen) atoms. The summed E-state index contributed by atoms with van der Waals surface area (Å²) in [5.41, 5.74) is 1.69. The molecule has 0 aromatic heterocycles. The molecule has 4 amide bonds. The van der Waals surface area contributed by atoms with E-state index in [0.717, 1.165) is 62.1 Å². The zero-order valence-electron chi connectivity index (χ0n) is 44.9. The van der Waals surface area contributed by atoms with Crippen molar-refractivity contribution in [3.63, 3.8) is 0 Å². The number of rotatable bonds is 32. The summed E-state index contributed by atoms with van der Waals surface area (Å²) in [5.74, 6) is 3.66. The van der Waals surface area contributed by atoms with Crippen molar-refractivity contribution in [3.8, 4) is 0 Å². The molecular formula is C60H94N4O4. The van der Waals surface area contributed by atoms with Crippen molar-refractivity contribution < 1.29 is 19.2 Å². The van der Waals surface area contributed by atoms with Crippen molar-refractivity contribution >= 4 is 55.9 Å². The van der Waals surface area contributed by atoms with Gasteiger partial charge in [0.1, 0.15) is 0 Å². The lowest BCUT2D eigenvalue weighted by molar-refractivity contribution is 0.0937. The normalized spacial score (nSPS) is 13.8. The lowest BCUT2D eigenvalue weighted by atomic mass is 9.85. The summed E-state index contributed by atoms with van der Waals surface area (Å²) in [5, 5.41) is 17.1. The fraction of sp³-hybridized carbons (Fsp3) is 0.667. The third-order valence-electron chi connectivity index (χ3n) is 14.5. The summed E-state index contributed by atoms with van der Waals surface area (Å²) in [7, 11) is 0. The van der Waals surface area contributed by atoms with Crippen LogP contribution in [0.4, 0.5) is 0 Å². The molecule has 0 heterocycles. The highest BCUT2D eigenvalue weighted by molar-refractivity contribution is 6.33. The predicted molar refractivity (Wildman–Crippen MR) is 289 cm³/mol. The topological polar surface area (TPSA) is 116 Å². The van der Waals surface area contributed by atoms with Crippen LogP contribution in [0.15, 0.2) is 36.4 Å². The van der Waals surface area contributed by atoms with Gasteiger partial charge in [-0.25, -0.2) is 0 Å². The predicted octanol–water partition coefficient (Wildman–Crippen LogP) is 14.9. The summed E-state index contributed by atoms with van der Waals surface area (Å²) in [6.45, 7) is 29.2. The minimum absolute atomic E-state index is 0.230. The summed E-state index contributed by atoms with van der Waals surface area (Å²) >= 11 is 0. The number of hydrogen-bond acceptors (Lipinski definition) is 4. The molecule has 4 aromatic carbocycles. The number of carbonyl (C=O) groups excluding carboxylic acids is 4. The highest BCUT2D eigenvalue weighted by atomic mass is 16.2. The Morgan fingerprint density at radius 2 is 0.529 bits per heavy atom. The van der Waals surface area contributed by atoms with E-state index in [2.05, 4.69) is 104 Å². The van der Waals surface area contributed by atoms with Gasteiger partial charge in [-0.15, -0.1) is 0 Å². The molecule has 0 aliphatic heterocycles. The minimum atomic E-state index is -0.230. The molecule has 0 unspecified atom stereocenters. The Morgan fingerprint density at radius 1 is 0.324 bits per heavy atom. The largest absolute Gasteiger partial charge is 0.352 e. The molecule has 8 nitrogen and oxygen atoms in total. The van der Waals surface area contributed by atoms with E-state index in [1.54, 1.807) is 12.1 Å². The molecule has 0 aliphatic rings. The van der Waals surface area contributed by atoms with E-state index in [0.29, 0.717) is 117 Å². The van der Waals surface area contributed by atoms with Gasteiger partial charge in [-0.05, 0) is 117 Å². The van der Waals surface area contributed by atoms with Gasteiger partial charge in [0, 0.05) is 48.4 Å². The summed E-state index contributed by atoms with van der Waals surface area (Å²) in [6, 6.07) is 11.3. The van der Waals surface area contributed by atoms with Crippen molar-refractivity contribution in [2.45, 2.75) is 186 Å².